The van der Waals surface area contributed by atoms with Crippen LogP contribution >= 0.6 is 0 Å². The lowest BCUT2D eigenvalue weighted by Crippen LogP contribution is -2.25. The average molecular weight is 143 g/mol. The molecule has 3 atom stereocenters. The van der Waals surface area contributed by atoms with E-state index in [9.17, 15) is 4.79 Å². The molecule has 0 amide bonds. The first-order chi connectivity index (χ1) is 4.66. The van der Waals surface area contributed by atoms with Gasteiger partial charge in [0, 0.05) is 6.04 Å². The molecule has 1 aliphatic rings. The zero-order valence-corrected chi connectivity index (χ0v) is 6.29. The van der Waals surface area contributed by atoms with E-state index in [1.165, 1.54) is 0 Å². The van der Waals surface area contributed by atoms with Crippen molar-refractivity contribution in [1.29, 1.82) is 0 Å². The molecule has 0 radical (unpaired) electrons. The number of carboxylic acids is 1. The minimum atomic E-state index is -0.646. The van der Waals surface area contributed by atoms with Crippen molar-refractivity contribution in [3.8, 4) is 0 Å². The molecule has 0 spiro atoms. The first kappa shape index (κ1) is 7.54. The number of hydrogen-bond donors (Lipinski definition) is 2. The van der Waals surface area contributed by atoms with Gasteiger partial charge in [-0.25, -0.2) is 0 Å². The molecule has 2 N–H and O–H groups in total. The lowest BCUT2D eigenvalue weighted by molar-refractivity contribution is -0.138. The Morgan fingerprint density at radius 2 is 2.40 bits per heavy atom. The van der Waals surface area contributed by atoms with E-state index < -0.39 is 5.97 Å². The molecule has 1 fully saturated rings. The van der Waals surface area contributed by atoms with Crippen LogP contribution in [-0.2, 0) is 4.79 Å². The van der Waals surface area contributed by atoms with Crippen LogP contribution in [0.2, 0.25) is 0 Å². The van der Waals surface area contributed by atoms with Crippen LogP contribution in [0.1, 0.15) is 13.3 Å². The quantitative estimate of drug-likeness (QED) is 0.598. The predicted molar refractivity (Wildman–Crippen MR) is 37.8 cm³/mol. The molecule has 0 aromatic carbocycles. The summed E-state index contributed by atoms with van der Waals surface area (Å²) in [6.07, 6.45) is 0.845. The molecule has 58 valence electrons. The van der Waals surface area contributed by atoms with E-state index in [2.05, 4.69) is 5.32 Å². The molecule has 0 aromatic rings. The van der Waals surface area contributed by atoms with Crippen LogP contribution < -0.4 is 5.32 Å². The summed E-state index contributed by atoms with van der Waals surface area (Å²) in [6, 6.07) is 0.348. The van der Waals surface area contributed by atoms with Crippen molar-refractivity contribution in [3.63, 3.8) is 0 Å². The van der Waals surface area contributed by atoms with E-state index in [1.54, 1.807) is 0 Å². The summed E-state index contributed by atoms with van der Waals surface area (Å²) in [6.45, 7) is 2.02. The number of carboxylic acid groups (broad SMARTS) is 1. The molecule has 3 unspecified atom stereocenters. The smallest absolute Gasteiger partial charge is 0.306 e. The summed E-state index contributed by atoms with van der Waals surface area (Å²) in [5.41, 5.74) is 0. The highest BCUT2D eigenvalue weighted by Crippen LogP contribution is 2.40. The first-order valence-corrected chi connectivity index (χ1v) is 3.57. The van der Waals surface area contributed by atoms with E-state index in [-0.39, 0.29) is 5.92 Å². The highest BCUT2D eigenvalue weighted by atomic mass is 16.4. The molecule has 0 aliphatic heterocycles. The maximum absolute atomic E-state index is 10.4. The minimum absolute atomic E-state index is 0.0811. The van der Waals surface area contributed by atoms with Gasteiger partial charge in [-0.1, -0.05) is 0 Å². The Hall–Kier alpha value is -0.570. The van der Waals surface area contributed by atoms with Gasteiger partial charge in [0.05, 0.1) is 5.92 Å². The molecule has 0 saturated heterocycles. The van der Waals surface area contributed by atoms with Gasteiger partial charge in [-0.2, -0.15) is 0 Å². The third-order valence-corrected chi connectivity index (χ3v) is 2.25. The van der Waals surface area contributed by atoms with Gasteiger partial charge < -0.3 is 10.4 Å². The summed E-state index contributed by atoms with van der Waals surface area (Å²) in [4.78, 5) is 10.4. The summed E-state index contributed by atoms with van der Waals surface area (Å²) in [5.74, 6) is -0.364. The monoisotopic (exact) mass is 143 g/mol. The highest BCUT2D eigenvalue weighted by Gasteiger charge is 2.45. The van der Waals surface area contributed by atoms with E-state index in [4.69, 9.17) is 5.11 Å². The SMILES string of the molecule is CNC(C)C1CC1C(=O)O. The van der Waals surface area contributed by atoms with Crippen LogP contribution in [0, 0.1) is 11.8 Å². The molecule has 1 aliphatic carbocycles. The lowest BCUT2D eigenvalue weighted by atomic mass is 10.2. The Morgan fingerprint density at radius 1 is 1.80 bits per heavy atom. The van der Waals surface area contributed by atoms with E-state index in [0.717, 1.165) is 6.42 Å². The fourth-order valence-electron chi connectivity index (χ4n) is 1.27. The number of nitrogens with one attached hydrogen (secondary N) is 1. The highest BCUT2D eigenvalue weighted by molar-refractivity contribution is 5.73. The topological polar surface area (TPSA) is 49.3 Å². The van der Waals surface area contributed by atoms with Gasteiger partial charge in [-0.15, -0.1) is 0 Å². The molecule has 3 nitrogen and oxygen atoms in total. The maximum Gasteiger partial charge on any atom is 0.306 e. The largest absolute Gasteiger partial charge is 0.481 e. The Morgan fingerprint density at radius 3 is 2.70 bits per heavy atom. The zero-order chi connectivity index (χ0) is 7.72. The van der Waals surface area contributed by atoms with Crippen molar-refractivity contribution in [2.75, 3.05) is 7.05 Å². The fourth-order valence-corrected chi connectivity index (χ4v) is 1.27. The van der Waals surface area contributed by atoms with Crippen molar-refractivity contribution in [1.82, 2.24) is 5.32 Å². The molecule has 10 heavy (non-hydrogen) atoms. The Kier molecular flexibility index (Phi) is 1.94. The van der Waals surface area contributed by atoms with Crippen molar-refractivity contribution in [2.24, 2.45) is 11.8 Å². The van der Waals surface area contributed by atoms with E-state index in [1.807, 2.05) is 14.0 Å². The van der Waals surface area contributed by atoms with Gasteiger partial charge >= 0.3 is 5.97 Å². The van der Waals surface area contributed by atoms with Gasteiger partial charge in [-0.3, -0.25) is 4.79 Å². The van der Waals surface area contributed by atoms with Crippen molar-refractivity contribution in [3.05, 3.63) is 0 Å². The van der Waals surface area contributed by atoms with Gasteiger partial charge in [0.1, 0.15) is 0 Å². The second-order valence-corrected chi connectivity index (χ2v) is 2.92. The molecular formula is C7H13NO2. The number of aliphatic carboxylic acids is 1. The molecule has 3 heteroatoms. The maximum atomic E-state index is 10.4. The molecular weight excluding hydrogens is 130 g/mol. The number of carbonyl (C=O) groups is 1. The van der Waals surface area contributed by atoms with Gasteiger partial charge in [0.15, 0.2) is 0 Å². The van der Waals surface area contributed by atoms with Crippen LogP contribution in [0.25, 0.3) is 0 Å². The molecule has 1 saturated carbocycles. The Bertz CT molecular complexity index is 147. The van der Waals surface area contributed by atoms with Crippen LogP contribution in [0.4, 0.5) is 0 Å². The van der Waals surface area contributed by atoms with Gasteiger partial charge in [0.25, 0.3) is 0 Å². The van der Waals surface area contributed by atoms with Crippen LogP contribution in [0.5, 0.6) is 0 Å². The summed E-state index contributed by atoms with van der Waals surface area (Å²) in [5, 5.41) is 11.6. The second kappa shape index (κ2) is 2.58. The number of rotatable bonds is 3. The fraction of sp³-hybridized carbons (Fsp3) is 0.857. The molecule has 1 rings (SSSR count). The summed E-state index contributed by atoms with van der Waals surface area (Å²) < 4.78 is 0. The lowest BCUT2D eigenvalue weighted by Gasteiger charge is -2.06. The predicted octanol–water partition coefficient (Wildman–Crippen LogP) is 0.315. The van der Waals surface area contributed by atoms with Crippen molar-refractivity contribution in [2.45, 2.75) is 19.4 Å². The standard InChI is InChI=1S/C7H13NO2/c1-4(8-2)5-3-6(5)7(9)10/h4-6,8H,3H2,1-2H3,(H,9,10). The van der Waals surface area contributed by atoms with E-state index in [0.29, 0.717) is 12.0 Å². The Labute approximate surface area is 60.4 Å². The molecule has 0 bridgehead atoms. The van der Waals surface area contributed by atoms with Gasteiger partial charge in [0.2, 0.25) is 0 Å². The number of hydrogen-bond acceptors (Lipinski definition) is 2. The van der Waals surface area contributed by atoms with E-state index >= 15 is 0 Å². The summed E-state index contributed by atoms with van der Waals surface area (Å²) >= 11 is 0. The zero-order valence-electron chi connectivity index (χ0n) is 6.29. The van der Waals surface area contributed by atoms with Crippen LogP contribution in [-0.4, -0.2) is 24.2 Å². The van der Waals surface area contributed by atoms with Gasteiger partial charge in [-0.05, 0) is 26.3 Å². The third kappa shape index (κ3) is 1.29. The Balaban J connectivity index is 2.31. The van der Waals surface area contributed by atoms with Crippen LogP contribution in [0.15, 0.2) is 0 Å². The normalized spacial score (nSPS) is 33.4. The van der Waals surface area contributed by atoms with Crippen molar-refractivity contribution < 1.29 is 9.90 Å². The average Bonchev–Trinajstić information content (AvgIpc) is 2.64. The minimum Gasteiger partial charge on any atom is -0.481 e. The van der Waals surface area contributed by atoms with Crippen molar-refractivity contribution >= 4 is 5.97 Å². The molecule has 0 aromatic heterocycles. The third-order valence-electron chi connectivity index (χ3n) is 2.25. The molecule has 0 heterocycles. The van der Waals surface area contributed by atoms with Crippen LogP contribution in [0.3, 0.4) is 0 Å². The summed E-state index contributed by atoms with van der Waals surface area (Å²) in [7, 11) is 1.86. The first-order valence-electron chi connectivity index (χ1n) is 3.57. The second-order valence-electron chi connectivity index (χ2n) is 2.92.